The van der Waals surface area contributed by atoms with Crippen LogP contribution >= 0.6 is 0 Å². The van der Waals surface area contributed by atoms with Crippen LogP contribution in [0.3, 0.4) is 0 Å². The first-order valence-corrected chi connectivity index (χ1v) is 5.96. The zero-order valence-corrected chi connectivity index (χ0v) is 9.82. The zero-order chi connectivity index (χ0) is 12.1. The SMILES string of the molecule is N#CCc1cc(NC2CC=CCC2)ccc1N. The Balaban J connectivity index is 2.08. The van der Waals surface area contributed by atoms with E-state index < -0.39 is 0 Å². The van der Waals surface area contributed by atoms with Crippen LogP contribution < -0.4 is 11.1 Å². The predicted molar refractivity (Wildman–Crippen MR) is 70.6 cm³/mol. The highest BCUT2D eigenvalue weighted by Gasteiger charge is 2.10. The Morgan fingerprint density at radius 3 is 3.00 bits per heavy atom. The molecule has 1 aromatic rings. The van der Waals surface area contributed by atoms with E-state index in [4.69, 9.17) is 11.0 Å². The van der Waals surface area contributed by atoms with Crippen molar-refractivity contribution in [2.75, 3.05) is 11.1 Å². The summed E-state index contributed by atoms with van der Waals surface area (Å²) >= 11 is 0. The van der Waals surface area contributed by atoms with Crippen LogP contribution in [0.25, 0.3) is 0 Å². The van der Waals surface area contributed by atoms with E-state index in [1.165, 1.54) is 0 Å². The smallest absolute Gasteiger partial charge is 0.0670 e. The Hall–Kier alpha value is -1.95. The summed E-state index contributed by atoms with van der Waals surface area (Å²) in [6.45, 7) is 0. The van der Waals surface area contributed by atoms with Gasteiger partial charge in [0.1, 0.15) is 0 Å². The molecule has 0 aliphatic heterocycles. The highest BCUT2D eigenvalue weighted by atomic mass is 14.9. The van der Waals surface area contributed by atoms with E-state index in [0.717, 1.165) is 30.5 Å². The van der Waals surface area contributed by atoms with Gasteiger partial charge in [0.25, 0.3) is 0 Å². The van der Waals surface area contributed by atoms with Crippen LogP contribution in [0.15, 0.2) is 30.4 Å². The minimum Gasteiger partial charge on any atom is -0.398 e. The third-order valence-corrected chi connectivity index (χ3v) is 3.05. The maximum Gasteiger partial charge on any atom is 0.0670 e. The van der Waals surface area contributed by atoms with Crippen molar-refractivity contribution in [1.29, 1.82) is 5.26 Å². The molecule has 3 nitrogen and oxygen atoms in total. The third-order valence-electron chi connectivity index (χ3n) is 3.05. The molecule has 2 rings (SSSR count). The van der Waals surface area contributed by atoms with Crippen molar-refractivity contribution in [3.05, 3.63) is 35.9 Å². The Kier molecular flexibility index (Phi) is 3.66. The second-order valence-corrected chi connectivity index (χ2v) is 4.37. The molecule has 1 atom stereocenters. The minimum atomic E-state index is 0.367. The van der Waals surface area contributed by atoms with Crippen LogP contribution in [0.5, 0.6) is 0 Å². The van der Waals surface area contributed by atoms with Crippen molar-refractivity contribution in [1.82, 2.24) is 0 Å². The summed E-state index contributed by atoms with van der Waals surface area (Å²) in [6.07, 6.45) is 8.17. The predicted octanol–water partition coefficient (Wildman–Crippen LogP) is 2.86. The van der Waals surface area contributed by atoms with Crippen LogP contribution in [0.2, 0.25) is 0 Å². The van der Waals surface area contributed by atoms with Gasteiger partial charge in [-0.1, -0.05) is 12.2 Å². The molecule has 3 N–H and O–H groups in total. The number of allylic oxidation sites excluding steroid dienone is 1. The molecular formula is C14H17N3. The fraction of sp³-hybridized carbons (Fsp3) is 0.357. The third kappa shape index (κ3) is 3.01. The first-order chi connectivity index (χ1) is 8.29. The molecule has 0 heterocycles. The zero-order valence-electron chi connectivity index (χ0n) is 9.82. The molecule has 0 radical (unpaired) electrons. The highest BCUT2D eigenvalue weighted by molar-refractivity contribution is 5.58. The Bertz CT molecular complexity index is 457. The summed E-state index contributed by atoms with van der Waals surface area (Å²) < 4.78 is 0. The standard InChI is InChI=1S/C14H17N3/c15-9-8-11-10-13(6-7-14(11)16)17-12-4-2-1-3-5-12/h1-2,6-7,10,12,17H,3-5,8,16H2. The second-order valence-electron chi connectivity index (χ2n) is 4.37. The molecule has 0 fully saturated rings. The number of rotatable bonds is 3. The Morgan fingerprint density at radius 1 is 1.41 bits per heavy atom. The monoisotopic (exact) mass is 227 g/mol. The van der Waals surface area contributed by atoms with Crippen molar-refractivity contribution in [2.24, 2.45) is 0 Å². The number of anilines is 2. The van der Waals surface area contributed by atoms with Gasteiger partial charge in [0, 0.05) is 17.4 Å². The fourth-order valence-corrected chi connectivity index (χ4v) is 2.09. The van der Waals surface area contributed by atoms with E-state index in [2.05, 4.69) is 23.5 Å². The van der Waals surface area contributed by atoms with Gasteiger partial charge in [-0.15, -0.1) is 0 Å². The molecule has 1 aromatic carbocycles. The number of hydrogen-bond acceptors (Lipinski definition) is 3. The maximum atomic E-state index is 8.72. The molecular weight excluding hydrogens is 210 g/mol. The summed E-state index contributed by atoms with van der Waals surface area (Å²) in [6, 6.07) is 8.47. The topological polar surface area (TPSA) is 61.8 Å². The van der Waals surface area contributed by atoms with Crippen molar-refractivity contribution in [3.8, 4) is 6.07 Å². The highest BCUT2D eigenvalue weighted by Crippen LogP contribution is 2.21. The summed E-state index contributed by atoms with van der Waals surface area (Å²) in [4.78, 5) is 0. The molecule has 3 heteroatoms. The van der Waals surface area contributed by atoms with Gasteiger partial charge in [0.15, 0.2) is 0 Å². The summed E-state index contributed by atoms with van der Waals surface area (Å²) in [5.41, 5.74) is 8.48. The molecule has 0 spiro atoms. The van der Waals surface area contributed by atoms with Crippen molar-refractivity contribution in [3.63, 3.8) is 0 Å². The first kappa shape index (κ1) is 11.5. The lowest BCUT2D eigenvalue weighted by Crippen LogP contribution is -2.20. The Labute approximate surface area is 102 Å². The van der Waals surface area contributed by atoms with Gasteiger partial charge >= 0.3 is 0 Å². The van der Waals surface area contributed by atoms with Crippen LogP contribution in [0.1, 0.15) is 24.8 Å². The van der Waals surface area contributed by atoms with Gasteiger partial charge in [-0.3, -0.25) is 0 Å². The number of nitrogens with two attached hydrogens (primary N) is 1. The lowest BCUT2D eigenvalue weighted by molar-refractivity contribution is 0.645. The van der Waals surface area contributed by atoms with Crippen LogP contribution in [-0.2, 0) is 6.42 Å². The maximum absolute atomic E-state index is 8.72. The van der Waals surface area contributed by atoms with Gasteiger partial charge < -0.3 is 11.1 Å². The fourth-order valence-electron chi connectivity index (χ4n) is 2.09. The molecule has 1 aliphatic carbocycles. The van der Waals surface area contributed by atoms with Crippen molar-refractivity contribution < 1.29 is 0 Å². The minimum absolute atomic E-state index is 0.367. The van der Waals surface area contributed by atoms with E-state index >= 15 is 0 Å². The normalized spacial score (nSPS) is 18.6. The summed E-state index contributed by atoms with van der Waals surface area (Å²) in [7, 11) is 0. The second kappa shape index (κ2) is 5.40. The van der Waals surface area contributed by atoms with Crippen LogP contribution in [0.4, 0.5) is 11.4 Å². The van der Waals surface area contributed by atoms with E-state index in [9.17, 15) is 0 Å². The summed E-state index contributed by atoms with van der Waals surface area (Å²) in [5.74, 6) is 0. The lowest BCUT2D eigenvalue weighted by Gasteiger charge is -2.21. The van der Waals surface area contributed by atoms with E-state index in [-0.39, 0.29) is 0 Å². The number of nitrogens with one attached hydrogen (secondary N) is 1. The van der Waals surface area contributed by atoms with Crippen molar-refractivity contribution in [2.45, 2.75) is 31.7 Å². The Morgan fingerprint density at radius 2 is 2.29 bits per heavy atom. The van der Waals surface area contributed by atoms with Gasteiger partial charge in [-0.2, -0.15) is 5.26 Å². The molecule has 88 valence electrons. The van der Waals surface area contributed by atoms with Gasteiger partial charge in [0.05, 0.1) is 12.5 Å². The quantitative estimate of drug-likeness (QED) is 0.616. The van der Waals surface area contributed by atoms with Gasteiger partial charge in [0.2, 0.25) is 0 Å². The number of benzene rings is 1. The molecule has 0 saturated heterocycles. The van der Waals surface area contributed by atoms with Gasteiger partial charge in [-0.05, 0) is 43.0 Å². The summed E-state index contributed by atoms with van der Waals surface area (Å²) in [5, 5.41) is 12.2. The molecule has 0 aromatic heterocycles. The van der Waals surface area contributed by atoms with Gasteiger partial charge in [-0.25, -0.2) is 0 Å². The number of nitrogens with zero attached hydrogens (tertiary/aromatic N) is 1. The largest absolute Gasteiger partial charge is 0.398 e. The van der Waals surface area contributed by atoms with E-state index in [1.54, 1.807) is 0 Å². The van der Waals surface area contributed by atoms with E-state index in [0.29, 0.717) is 18.2 Å². The molecule has 1 unspecified atom stereocenters. The number of hydrogen-bond donors (Lipinski definition) is 2. The average molecular weight is 227 g/mol. The molecule has 0 saturated carbocycles. The van der Waals surface area contributed by atoms with Crippen LogP contribution in [-0.4, -0.2) is 6.04 Å². The number of nitriles is 1. The number of nitrogen functional groups attached to an aromatic ring is 1. The van der Waals surface area contributed by atoms with Crippen molar-refractivity contribution >= 4 is 11.4 Å². The molecule has 17 heavy (non-hydrogen) atoms. The first-order valence-electron chi connectivity index (χ1n) is 5.96. The van der Waals surface area contributed by atoms with E-state index in [1.807, 2.05) is 18.2 Å². The lowest BCUT2D eigenvalue weighted by atomic mass is 10.0. The molecule has 0 bridgehead atoms. The average Bonchev–Trinajstić information content (AvgIpc) is 2.35. The molecule has 1 aliphatic rings. The molecule has 0 amide bonds. The van der Waals surface area contributed by atoms with Crippen LogP contribution in [0, 0.1) is 11.3 Å².